The molecule has 13 heteroatoms. The van der Waals surface area contributed by atoms with E-state index in [2.05, 4.69) is 30.6 Å². The van der Waals surface area contributed by atoms with Crippen molar-refractivity contribution in [2.75, 3.05) is 24.7 Å². The monoisotopic (exact) mass is 485 g/mol. The van der Waals surface area contributed by atoms with Crippen LogP contribution in [0.4, 0.5) is 36.3 Å². The summed E-state index contributed by atoms with van der Waals surface area (Å²) in [5.41, 5.74) is -0.299. The van der Waals surface area contributed by atoms with E-state index in [0.29, 0.717) is 22.9 Å². The molecule has 2 aromatic carbocycles. The van der Waals surface area contributed by atoms with Crippen LogP contribution in [0.3, 0.4) is 0 Å². The van der Waals surface area contributed by atoms with Crippen molar-refractivity contribution in [3.05, 3.63) is 70.3 Å². The summed E-state index contributed by atoms with van der Waals surface area (Å²) in [7, 11) is 2.78. The van der Waals surface area contributed by atoms with Crippen LogP contribution in [-0.4, -0.2) is 50.6 Å². The van der Waals surface area contributed by atoms with Gasteiger partial charge in [0.2, 0.25) is 5.95 Å². The molecule has 0 saturated heterocycles. The van der Waals surface area contributed by atoms with E-state index in [4.69, 9.17) is 0 Å². The van der Waals surface area contributed by atoms with Gasteiger partial charge in [-0.2, -0.15) is 18.2 Å². The zero-order valence-corrected chi connectivity index (χ0v) is 18.3. The number of rotatable bonds is 6. The first kappa shape index (κ1) is 23.5. The maximum Gasteiger partial charge on any atom is 0.421 e. The molecule has 35 heavy (non-hydrogen) atoms. The number of para-hydroxylation sites is 1. The number of imidazole rings is 1. The summed E-state index contributed by atoms with van der Waals surface area (Å²) in [4.78, 5) is 50.1. The molecule has 0 bridgehead atoms. The fraction of sp³-hybridized carbons (Fsp3) is 0.136. The largest absolute Gasteiger partial charge is 0.421 e. The highest BCUT2D eigenvalue weighted by atomic mass is 19.4. The molecule has 0 atom stereocenters. The van der Waals surface area contributed by atoms with Crippen LogP contribution in [0.2, 0.25) is 0 Å². The molecule has 0 unspecified atom stereocenters. The predicted molar refractivity (Wildman–Crippen MR) is 122 cm³/mol. The minimum atomic E-state index is -4.80. The van der Waals surface area contributed by atoms with Gasteiger partial charge < -0.3 is 25.5 Å². The number of hydrogen-bond acceptors (Lipinski definition) is 7. The van der Waals surface area contributed by atoms with E-state index in [1.807, 2.05) is 0 Å². The van der Waals surface area contributed by atoms with Crippen molar-refractivity contribution in [1.82, 2.24) is 24.8 Å². The molecule has 0 radical (unpaired) electrons. The summed E-state index contributed by atoms with van der Waals surface area (Å²) in [6.45, 7) is 0. The number of Topliss-reactive ketones (excluding diaryl/α,β-unsaturated/α-hetero) is 1. The number of aromatic amines is 2. The summed E-state index contributed by atoms with van der Waals surface area (Å²) in [6.07, 6.45) is -4.20. The number of hydrogen-bond donors (Lipinski definition) is 4. The lowest BCUT2D eigenvalue weighted by atomic mass is 10.1. The number of likely N-dealkylation sites (N-methyl/N-ethyl adjacent to an activating group) is 1. The number of benzene rings is 2. The molecular formula is C22H18F3N7O3. The lowest BCUT2D eigenvalue weighted by molar-refractivity contribution is -0.137. The average molecular weight is 485 g/mol. The normalized spacial score (nSPS) is 11.3. The Labute approximate surface area is 195 Å². The van der Waals surface area contributed by atoms with Gasteiger partial charge in [-0.15, -0.1) is 0 Å². The number of aromatic nitrogens is 4. The number of amides is 1. The van der Waals surface area contributed by atoms with Crippen LogP contribution in [0.15, 0.2) is 53.5 Å². The number of ketones is 1. The van der Waals surface area contributed by atoms with E-state index >= 15 is 0 Å². The molecule has 2 heterocycles. The highest BCUT2D eigenvalue weighted by Crippen LogP contribution is 2.36. The number of anilines is 4. The number of carbonyl (C=O) groups excluding carboxylic acids is 2. The summed E-state index contributed by atoms with van der Waals surface area (Å²) in [5, 5.41) is 5.31. The number of fused-ring (bicyclic) bond motifs is 1. The summed E-state index contributed by atoms with van der Waals surface area (Å²) >= 11 is 0. The van der Waals surface area contributed by atoms with Gasteiger partial charge >= 0.3 is 11.9 Å². The van der Waals surface area contributed by atoms with Gasteiger partial charge in [0.15, 0.2) is 0 Å². The molecule has 0 aliphatic rings. The van der Waals surface area contributed by atoms with Gasteiger partial charge in [0, 0.05) is 26.0 Å². The zero-order chi connectivity index (χ0) is 25.3. The fourth-order valence-corrected chi connectivity index (χ4v) is 3.22. The first-order valence-electron chi connectivity index (χ1n) is 10.1. The number of nitrogens with zero attached hydrogens (tertiary/aromatic N) is 3. The van der Waals surface area contributed by atoms with Crippen molar-refractivity contribution in [1.29, 1.82) is 0 Å². The molecule has 0 fully saturated rings. The van der Waals surface area contributed by atoms with Gasteiger partial charge in [0.05, 0.1) is 22.3 Å². The fourth-order valence-electron chi connectivity index (χ4n) is 3.22. The Kier molecular flexibility index (Phi) is 5.99. The molecule has 10 nitrogen and oxygen atoms in total. The number of nitrogens with one attached hydrogen (secondary N) is 4. The Bertz CT molecular complexity index is 1490. The molecule has 0 aliphatic heterocycles. The summed E-state index contributed by atoms with van der Waals surface area (Å²) in [6, 6.07) is 10.4. The lowest BCUT2D eigenvalue weighted by Gasteiger charge is -2.17. The first-order valence-corrected chi connectivity index (χ1v) is 10.1. The topological polar surface area (TPSA) is 136 Å². The molecule has 180 valence electrons. The summed E-state index contributed by atoms with van der Waals surface area (Å²) < 4.78 is 41.0. The zero-order valence-electron chi connectivity index (χ0n) is 18.3. The number of H-pyrrole nitrogens is 2. The number of carbonyl (C=O) groups is 2. The second kappa shape index (κ2) is 8.93. The van der Waals surface area contributed by atoms with E-state index in [1.54, 1.807) is 18.2 Å². The second-order valence-electron chi connectivity index (χ2n) is 7.62. The van der Waals surface area contributed by atoms with Crippen molar-refractivity contribution in [3.8, 4) is 0 Å². The first-order chi connectivity index (χ1) is 16.5. The number of alkyl halides is 3. The van der Waals surface area contributed by atoms with Crippen LogP contribution < -0.4 is 16.3 Å². The van der Waals surface area contributed by atoms with Crippen molar-refractivity contribution in [3.63, 3.8) is 0 Å². The standard InChI is InChI=1S/C22H18F3N7O3/c1-32(2)19(34)17(33)12-5-3-4-6-14(12)28-18-13(22(23,24)25)10-26-20(31-18)27-11-7-8-15-16(9-11)30-21(35)29-15/h3-10H,1-2H3,(H2,29,30,35)(H2,26,27,28,31). The highest BCUT2D eigenvalue weighted by Gasteiger charge is 2.36. The van der Waals surface area contributed by atoms with Crippen LogP contribution >= 0.6 is 0 Å². The van der Waals surface area contributed by atoms with Crippen molar-refractivity contribution in [2.24, 2.45) is 0 Å². The molecule has 4 rings (SSSR count). The maximum atomic E-state index is 13.7. The maximum absolute atomic E-state index is 13.7. The molecule has 2 aromatic heterocycles. The highest BCUT2D eigenvalue weighted by molar-refractivity contribution is 6.43. The minimum Gasteiger partial charge on any atom is -0.342 e. The third kappa shape index (κ3) is 4.98. The Morgan fingerprint density at radius 2 is 1.71 bits per heavy atom. The van der Waals surface area contributed by atoms with Crippen molar-refractivity contribution >= 4 is 45.9 Å². The van der Waals surface area contributed by atoms with E-state index < -0.39 is 34.9 Å². The smallest absolute Gasteiger partial charge is 0.342 e. The lowest BCUT2D eigenvalue weighted by Crippen LogP contribution is -2.30. The Hall–Kier alpha value is -4.68. The summed E-state index contributed by atoms with van der Waals surface area (Å²) in [5.74, 6) is -2.53. The van der Waals surface area contributed by atoms with Gasteiger partial charge in [-0.3, -0.25) is 9.59 Å². The minimum absolute atomic E-state index is 0.0332. The van der Waals surface area contributed by atoms with Gasteiger partial charge in [-0.1, -0.05) is 12.1 Å². The average Bonchev–Trinajstić information content (AvgIpc) is 3.17. The Morgan fingerprint density at radius 3 is 2.43 bits per heavy atom. The van der Waals surface area contributed by atoms with Gasteiger partial charge in [0.25, 0.3) is 11.7 Å². The number of halogens is 3. The van der Waals surface area contributed by atoms with Crippen LogP contribution in [0.1, 0.15) is 15.9 Å². The van der Waals surface area contributed by atoms with Crippen LogP contribution in [-0.2, 0) is 11.0 Å². The SMILES string of the molecule is CN(C)C(=O)C(=O)c1ccccc1Nc1nc(Nc2ccc3[nH]c(=O)[nH]c3c2)ncc1C(F)(F)F. The van der Waals surface area contributed by atoms with Crippen molar-refractivity contribution < 1.29 is 22.8 Å². The second-order valence-corrected chi connectivity index (χ2v) is 7.62. The van der Waals surface area contributed by atoms with E-state index in [-0.39, 0.29) is 17.2 Å². The Balaban J connectivity index is 1.71. The van der Waals surface area contributed by atoms with Gasteiger partial charge in [-0.25, -0.2) is 9.78 Å². The molecule has 0 spiro atoms. The third-order valence-electron chi connectivity index (χ3n) is 4.89. The van der Waals surface area contributed by atoms with E-state index in [0.717, 1.165) is 4.90 Å². The molecule has 0 saturated carbocycles. The van der Waals surface area contributed by atoms with Crippen LogP contribution in [0.25, 0.3) is 11.0 Å². The Morgan fingerprint density at radius 1 is 1.00 bits per heavy atom. The molecule has 1 amide bonds. The molecule has 0 aliphatic carbocycles. The van der Waals surface area contributed by atoms with Crippen LogP contribution in [0, 0.1) is 0 Å². The van der Waals surface area contributed by atoms with Gasteiger partial charge in [0.1, 0.15) is 11.4 Å². The predicted octanol–water partition coefficient (Wildman–Crippen LogP) is 3.42. The van der Waals surface area contributed by atoms with Crippen LogP contribution in [0.5, 0.6) is 0 Å². The molecular weight excluding hydrogens is 467 g/mol. The quantitative estimate of drug-likeness (QED) is 0.243. The third-order valence-corrected chi connectivity index (χ3v) is 4.89. The van der Waals surface area contributed by atoms with Gasteiger partial charge in [-0.05, 0) is 30.3 Å². The molecule has 4 N–H and O–H groups in total. The van der Waals surface area contributed by atoms with E-state index in [1.165, 1.54) is 38.4 Å². The van der Waals surface area contributed by atoms with Crippen molar-refractivity contribution in [2.45, 2.75) is 6.18 Å². The van der Waals surface area contributed by atoms with E-state index in [9.17, 15) is 27.6 Å². The molecule has 4 aromatic rings.